The van der Waals surface area contributed by atoms with Crippen LogP contribution in [0.4, 0.5) is 5.69 Å². The highest BCUT2D eigenvalue weighted by Gasteiger charge is 2.28. The van der Waals surface area contributed by atoms with Crippen molar-refractivity contribution in [1.82, 2.24) is 9.80 Å². The van der Waals surface area contributed by atoms with Gasteiger partial charge in [0, 0.05) is 43.3 Å². The molecule has 0 spiro atoms. The first kappa shape index (κ1) is 15.3. The molecule has 1 aliphatic rings. The zero-order valence-electron chi connectivity index (χ0n) is 13.4. The van der Waals surface area contributed by atoms with Crippen LogP contribution in [0.3, 0.4) is 0 Å². The highest BCUT2D eigenvalue weighted by atomic mass is 15.3. The van der Waals surface area contributed by atoms with Crippen LogP contribution in [0.25, 0.3) is 0 Å². The summed E-state index contributed by atoms with van der Waals surface area (Å²) in [6, 6.07) is 9.06. The van der Waals surface area contributed by atoms with Gasteiger partial charge in [-0.2, -0.15) is 0 Å². The monoisotopic (exact) mass is 275 g/mol. The molecule has 1 unspecified atom stereocenters. The van der Waals surface area contributed by atoms with Gasteiger partial charge in [0.05, 0.1) is 0 Å². The van der Waals surface area contributed by atoms with Gasteiger partial charge in [-0.25, -0.2) is 0 Å². The Labute approximate surface area is 123 Å². The Balaban J connectivity index is 2.02. The molecule has 1 aromatic rings. The third-order valence-corrected chi connectivity index (χ3v) is 4.64. The predicted octanol–water partition coefficient (Wildman–Crippen LogP) is 2.57. The number of nitrogens with two attached hydrogens (primary N) is 1. The minimum atomic E-state index is 0.169. The van der Waals surface area contributed by atoms with E-state index in [9.17, 15) is 0 Å². The van der Waals surface area contributed by atoms with E-state index >= 15 is 0 Å². The van der Waals surface area contributed by atoms with Crippen LogP contribution in [-0.2, 0) is 5.41 Å². The Morgan fingerprint density at radius 2 is 1.85 bits per heavy atom. The summed E-state index contributed by atoms with van der Waals surface area (Å²) in [6.45, 7) is 11.6. The van der Waals surface area contributed by atoms with E-state index < -0.39 is 0 Å². The van der Waals surface area contributed by atoms with Crippen molar-refractivity contribution in [3.05, 3.63) is 29.8 Å². The normalized spacial score (nSPS) is 22.1. The molecule has 3 heteroatoms. The maximum absolute atomic E-state index is 5.79. The fourth-order valence-electron chi connectivity index (χ4n) is 3.18. The summed E-state index contributed by atoms with van der Waals surface area (Å²) >= 11 is 0. The third kappa shape index (κ3) is 3.53. The first-order valence-electron chi connectivity index (χ1n) is 7.71. The minimum absolute atomic E-state index is 0.169. The number of rotatable bonds is 4. The second-order valence-electron chi connectivity index (χ2n) is 6.78. The largest absolute Gasteiger partial charge is 0.399 e. The molecule has 1 aromatic carbocycles. The molecule has 3 nitrogen and oxygen atoms in total. The van der Waals surface area contributed by atoms with Crippen molar-refractivity contribution in [3.63, 3.8) is 0 Å². The first-order valence-corrected chi connectivity index (χ1v) is 7.71. The molecule has 112 valence electrons. The van der Waals surface area contributed by atoms with Crippen molar-refractivity contribution in [1.29, 1.82) is 0 Å². The van der Waals surface area contributed by atoms with Gasteiger partial charge in [-0.05, 0) is 31.2 Å². The van der Waals surface area contributed by atoms with Crippen molar-refractivity contribution in [3.8, 4) is 0 Å². The molecule has 2 rings (SSSR count). The lowest BCUT2D eigenvalue weighted by molar-refractivity contribution is 0.0797. The quantitative estimate of drug-likeness (QED) is 0.857. The summed E-state index contributed by atoms with van der Waals surface area (Å²) in [5, 5.41) is 0. The van der Waals surface area contributed by atoms with Gasteiger partial charge in [0.2, 0.25) is 0 Å². The van der Waals surface area contributed by atoms with Crippen LogP contribution >= 0.6 is 0 Å². The molecular formula is C17H29N3. The van der Waals surface area contributed by atoms with Gasteiger partial charge < -0.3 is 10.6 Å². The van der Waals surface area contributed by atoms with Crippen molar-refractivity contribution < 1.29 is 0 Å². The Morgan fingerprint density at radius 3 is 2.45 bits per heavy atom. The molecule has 1 heterocycles. The lowest BCUT2D eigenvalue weighted by Gasteiger charge is -2.42. The SMILES string of the molecule is CCC1CN(CC(C)(C)c2ccc(N)cc2)CCN1C. The molecule has 20 heavy (non-hydrogen) atoms. The highest BCUT2D eigenvalue weighted by Crippen LogP contribution is 2.26. The molecule has 0 bridgehead atoms. The molecule has 0 aliphatic carbocycles. The van der Waals surface area contributed by atoms with Gasteiger partial charge in [-0.15, -0.1) is 0 Å². The molecule has 0 aromatic heterocycles. The van der Waals surface area contributed by atoms with E-state index in [-0.39, 0.29) is 5.41 Å². The maximum atomic E-state index is 5.79. The average molecular weight is 275 g/mol. The van der Waals surface area contributed by atoms with Gasteiger partial charge in [0.25, 0.3) is 0 Å². The summed E-state index contributed by atoms with van der Waals surface area (Å²) in [4.78, 5) is 5.11. The van der Waals surface area contributed by atoms with Crippen molar-refractivity contribution in [2.75, 3.05) is 39.0 Å². The standard InChI is InChI=1S/C17H29N3/c1-5-16-12-20(11-10-19(16)4)13-17(2,3)14-6-8-15(18)9-7-14/h6-9,16H,5,10-13,18H2,1-4H3. The van der Waals surface area contributed by atoms with Crippen molar-refractivity contribution >= 4 is 5.69 Å². The van der Waals surface area contributed by atoms with Gasteiger partial charge in [-0.1, -0.05) is 32.9 Å². The van der Waals surface area contributed by atoms with E-state index in [2.05, 4.69) is 49.8 Å². The van der Waals surface area contributed by atoms with E-state index in [1.165, 1.54) is 31.6 Å². The Hall–Kier alpha value is -1.06. The van der Waals surface area contributed by atoms with E-state index in [1.807, 2.05) is 12.1 Å². The number of benzene rings is 1. The fourth-order valence-corrected chi connectivity index (χ4v) is 3.18. The summed E-state index contributed by atoms with van der Waals surface area (Å²) in [7, 11) is 2.25. The molecule has 1 fully saturated rings. The molecule has 1 aliphatic heterocycles. The second kappa shape index (κ2) is 6.15. The average Bonchev–Trinajstić information content (AvgIpc) is 2.41. The van der Waals surface area contributed by atoms with Crippen molar-refractivity contribution in [2.45, 2.75) is 38.6 Å². The topological polar surface area (TPSA) is 32.5 Å². The lowest BCUT2D eigenvalue weighted by atomic mass is 9.83. The lowest BCUT2D eigenvalue weighted by Crippen LogP contribution is -2.53. The number of anilines is 1. The number of nitrogens with zero attached hydrogens (tertiary/aromatic N) is 2. The van der Waals surface area contributed by atoms with E-state index in [1.54, 1.807) is 0 Å². The van der Waals surface area contributed by atoms with E-state index in [0.29, 0.717) is 6.04 Å². The van der Waals surface area contributed by atoms with Gasteiger partial charge >= 0.3 is 0 Å². The second-order valence-corrected chi connectivity index (χ2v) is 6.78. The molecule has 0 saturated carbocycles. The zero-order valence-corrected chi connectivity index (χ0v) is 13.4. The van der Waals surface area contributed by atoms with Crippen LogP contribution in [-0.4, -0.2) is 49.1 Å². The summed E-state index contributed by atoms with van der Waals surface area (Å²) < 4.78 is 0. The highest BCUT2D eigenvalue weighted by molar-refractivity contribution is 5.41. The molecule has 1 atom stereocenters. The summed E-state index contributed by atoms with van der Waals surface area (Å²) in [5.41, 5.74) is 8.17. The van der Waals surface area contributed by atoms with Gasteiger partial charge in [-0.3, -0.25) is 4.90 Å². The first-order chi connectivity index (χ1) is 9.42. The van der Waals surface area contributed by atoms with E-state index in [0.717, 1.165) is 12.2 Å². The van der Waals surface area contributed by atoms with Crippen LogP contribution in [0.1, 0.15) is 32.8 Å². The third-order valence-electron chi connectivity index (χ3n) is 4.64. The van der Waals surface area contributed by atoms with Crippen LogP contribution in [0.5, 0.6) is 0 Å². The van der Waals surface area contributed by atoms with Crippen molar-refractivity contribution in [2.24, 2.45) is 0 Å². The molecule has 0 radical (unpaired) electrons. The van der Waals surface area contributed by atoms with Crippen LogP contribution in [0.15, 0.2) is 24.3 Å². The number of nitrogen functional groups attached to an aromatic ring is 1. The molecular weight excluding hydrogens is 246 g/mol. The Bertz CT molecular complexity index is 424. The van der Waals surface area contributed by atoms with Crippen LogP contribution < -0.4 is 5.73 Å². The van der Waals surface area contributed by atoms with Crippen LogP contribution in [0, 0.1) is 0 Å². The molecule has 0 amide bonds. The number of piperazine rings is 1. The van der Waals surface area contributed by atoms with Crippen LogP contribution in [0.2, 0.25) is 0 Å². The van der Waals surface area contributed by atoms with E-state index in [4.69, 9.17) is 5.73 Å². The number of hydrogen-bond acceptors (Lipinski definition) is 3. The van der Waals surface area contributed by atoms with Gasteiger partial charge in [0.1, 0.15) is 0 Å². The predicted molar refractivity (Wildman–Crippen MR) is 87.0 cm³/mol. The summed E-state index contributed by atoms with van der Waals surface area (Å²) in [5.74, 6) is 0. The fraction of sp³-hybridized carbons (Fsp3) is 0.647. The zero-order chi connectivity index (χ0) is 14.8. The smallest absolute Gasteiger partial charge is 0.0314 e. The number of likely N-dealkylation sites (N-methyl/N-ethyl adjacent to an activating group) is 1. The Kier molecular flexibility index (Phi) is 4.71. The molecule has 1 saturated heterocycles. The minimum Gasteiger partial charge on any atom is -0.399 e. The summed E-state index contributed by atoms with van der Waals surface area (Å²) in [6.07, 6.45) is 1.23. The van der Waals surface area contributed by atoms with Gasteiger partial charge in [0.15, 0.2) is 0 Å². The maximum Gasteiger partial charge on any atom is 0.0314 e. The molecule has 2 N–H and O–H groups in total. The number of hydrogen-bond donors (Lipinski definition) is 1. The Morgan fingerprint density at radius 1 is 1.20 bits per heavy atom.